The molecule has 0 bridgehead atoms. The van der Waals surface area contributed by atoms with E-state index in [9.17, 15) is 0 Å². The summed E-state index contributed by atoms with van der Waals surface area (Å²) in [6.45, 7) is 1.94. The van der Waals surface area contributed by atoms with Gasteiger partial charge in [0.15, 0.2) is 0 Å². The largest absolute Gasteiger partial charge is 0.496 e. The average molecular weight is 188 g/mol. The van der Waals surface area contributed by atoms with E-state index in [0.717, 1.165) is 11.3 Å². The van der Waals surface area contributed by atoms with Gasteiger partial charge in [0.25, 0.3) is 0 Å². The predicted molar refractivity (Wildman–Crippen MR) is 52.8 cm³/mol. The number of nitrogens with two attached hydrogens (primary N) is 1. The lowest BCUT2D eigenvalue weighted by atomic mass is 10.1. The first-order valence-electron chi connectivity index (χ1n) is 3.64. The van der Waals surface area contributed by atoms with Crippen LogP contribution in [0.15, 0.2) is 24.3 Å². The second kappa shape index (κ2) is 5.01. The van der Waals surface area contributed by atoms with Crippen molar-refractivity contribution in [2.75, 3.05) is 7.11 Å². The lowest BCUT2D eigenvalue weighted by molar-refractivity contribution is 0.407. The van der Waals surface area contributed by atoms with Crippen LogP contribution in [0.4, 0.5) is 0 Å². The maximum atomic E-state index is 5.71. The lowest BCUT2D eigenvalue weighted by Gasteiger charge is -2.10. The average Bonchev–Trinajstić information content (AvgIpc) is 2.04. The van der Waals surface area contributed by atoms with E-state index in [1.807, 2.05) is 31.2 Å². The molecule has 12 heavy (non-hydrogen) atoms. The lowest BCUT2D eigenvalue weighted by Crippen LogP contribution is -2.06. The summed E-state index contributed by atoms with van der Waals surface area (Å²) in [5.41, 5.74) is 6.76. The maximum Gasteiger partial charge on any atom is 0.123 e. The minimum Gasteiger partial charge on any atom is -0.496 e. The Morgan fingerprint density at radius 2 is 1.92 bits per heavy atom. The molecule has 0 fully saturated rings. The first kappa shape index (κ1) is 11.3. The third-order valence-electron chi connectivity index (χ3n) is 1.63. The van der Waals surface area contributed by atoms with Gasteiger partial charge in [0.05, 0.1) is 7.11 Å². The van der Waals surface area contributed by atoms with Crippen LogP contribution >= 0.6 is 12.4 Å². The van der Waals surface area contributed by atoms with Crippen LogP contribution in [0, 0.1) is 0 Å². The minimum atomic E-state index is 0. The minimum absolute atomic E-state index is 0. The summed E-state index contributed by atoms with van der Waals surface area (Å²) in [6, 6.07) is 7.82. The number of halogens is 1. The zero-order valence-corrected chi connectivity index (χ0v) is 8.10. The third kappa shape index (κ3) is 2.40. The van der Waals surface area contributed by atoms with E-state index in [1.165, 1.54) is 0 Å². The van der Waals surface area contributed by atoms with Crippen LogP contribution in [0.3, 0.4) is 0 Å². The standard InChI is InChI=1S/C9H13NO.ClH/c1-7(10)8-5-3-4-6-9(8)11-2;/h3-7H,10H2,1-2H3;1H/t7-;/m0./s1. The Morgan fingerprint density at radius 1 is 1.33 bits per heavy atom. The fourth-order valence-corrected chi connectivity index (χ4v) is 1.04. The molecule has 0 saturated carbocycles. The zero-order valence-electron chi connectivity index (χ0n) is 7.28. The normalized spacial score (nSPS) is 11.6. The molecule has 2 nitrogen and oxygen atoms in total. The highest BCUT2D eigenvalue weighted by Crippen LogP contribution is 2.22. The maximum absolute atomic E-state index is 5.71. The molecule has 0 heterocycles. The van der Waals surface area contributed by atoms with Crippen molar-refractivity contribution in [3.05, 3.63) is 29.8 Å². The van der Waals surface area contributed by atoms with Gasteiger partial charge >= 0.3 is 0 Å². The second-order valence-electron chi connectivity index (χ2n) is 2.53. The molecule has 68 valence electrons. The fourth-order valence-electron chi connectivity index (χ4n) is 1.04. The molecule has 0 aliphatic heterocycles. The van der Waals surface area contributed by atoms with Crippen LogP contribution in [0.2, 0.25) is 0 Å². The van der Waals surface area contributed by atoms with Gasteiger partial charge in [-0.2, -0.15) is 0 Å². The molecule has 0 unspecified atom stereocenters. The Labute approximate surface area is 79.1 Å². The van der Waals surface area contributed by atoms with E-state index in [0.29, 0.717) is 0 Å². The Kier molecular flexibility index (Phi) is 4.71. The third-order valence-corrected chi connectivity index (χ3v) is 1.63. The van der Waals surface area contributed by atoms with E-state index < -0.39 is 0 Å². The highest BCUT2D eigenvalue weighted by atomic mass is 35.5. The number of hydrogen-bond acceptors (Lipinski definition) is 2. The topological polar surface area (TPSA) is 35.2 Å². The number of rotatable bonds is 2. The molecular formula is C9H14ClNO. The zero-order chi connectivity index (χ0) is 8.27. The Bertz CT molecular complexity index is 238. The highest BCUT2D eigenvalue weighted by Gasteiger charge is 2.04. The smallest absolute Gasteiger partial charge is 0.123 e. The van der Waals surface area contributed by atoms with Crippen molar-refractivity contribution in [1.29, 1.82) is 0 Å². The molecule has 3 heteroatoms. The van der Waals surface area contributed by atoms with Crippen molar-refractivity contribution in [2.45, 2.75) is 13.0 Å². The Morgan fingerprint density at radius 3 is 2.33 bits per heavy atom. The first-order valence-corrected chi connectivity index (χ1v) is 3.64. The van der Waals surface area contributed by atoms with Crippen LogP contribution in [0.1, 0.15) is 18.5 Å². The molecule has 0 saturated heterocycles. The SMILES string of the molecule is COc1ccccc1[C@H](C)N.Cl. The van der Waals surface area contributed by atoms with E-state index in [2.05, 4.69) is 0 Å². The summed E-state index contributed by atoms with van der Waals surface area (Å²) in [4.78, 5) is 0. The van der Waals surface area contributed by atoms with E-state index in [1.54, 1.807) is 7.11 Å². The Hall–Kier alpha value is -0.730. The summed E-state index contributed by atoms with van der Waals surface area (Å²) in [5.74, 6) is 0.863. The fraction of sp³-hybridized carbons (Fsp3) is 0.333. The molecule has 0 amide bonds. The van der Waals surface area contributed by atoms with Crippen LogP contribution < -0.4 is 10.5 Å². The van der Waals surface area contributed by atoms with E-state index >= 15 is 0 Å². The van der Waals surface area contributed by atoms with Crippen molar-refractivity contribution in [3.63, 3.8) is 0 Å². The molecule has 2 N–H and O–H groups in total. The van der Waals surface area contributed by atoms with Crippen molar-refractivity contribution in [2.24, 2.45) is 5.73 Å². The van der Waals surface area contributed by atoms with Crippen molar-refractivity contribution >= 4 is 12.4 Å². The van der Waals surface area contributed by atoms with E-state index in [4.69, 9.17) is 10.5 Å². The van der Waals surface area contributed by atoms with Crippen molar-refractivity contribution in [3.8, 4) is 5.75 Å². The number of para-hydroxylation sites is 1. The predicted octanol–water partition coefficient (Wildman–Crippen LogP) is 2.14. The summed E-state index contributed by atoms with van der Waals surface area (Å²) in [6.07, 6.45) is 0. The summed E-state index contributed by atoms with van der Waals surface area (Å²) in [7, 11) is 1.65. The van der Waals surface area contributed by atoms with Crippen molar-refractivity contribution in [1.82, 2.24) is 0 Å². The Balaban J connectivity index is 0.00000121. The van der Waals surface area contributed by atoms with E-state index in [-0.39, 0.29) is 18.4 Å². The van der Waals surface area contributed by atoms with Crippen molar-refractivity contribution < 1.29 is 4.74 Å². The molecule has 1 aromatic carbocycles. The van der Waals surface area contributed by atoms with Crippen LogP contribution in [-0.4, -0.2) is 7.11 Å². The molecule has 0 aromatic heterocycles. The molecule has 0 radical (unpaired) electrons. The van der Waals surface area contributed by atoms with Gasteiger partial charge in [-0.25, -0.2) is 0 Å². The number of methoxy groups -OCH3 is 1. The molecule has 1 aromatic rings. The molecule has 0 spiro atoms. The van der Waals surface area contributed by atoms with Gasteiger partial charge in [0.2, 0.25) is 0 Å². The van der Waals surface area contributed by atoms with Gasteiger partial charge in [-0.05, 0) is 13.0 Å². The second-order valence-corrected chi connectivity index (χ2v) is 2.53. The van der Waals surface area contributed by atoms with Gasteiger partial charge < -0.3 is 10.5 Å². The summed E-state index contributed by atoms with van der Waals surface area (Å²) in [5, 5.41) is 0. The number of hydrogen-bond donors (Lipinski definition) is 1. The molecular weight excluding hydrogens is 174 g/mol. The van der Waals surface area contributed by atoms with Crippen LogP contribution in [0.25, 0.3) is 0 Å². The molecule has 0 aliphatic carbocycles. The monoisotopic (exact) mass is 187 g/mol. The van der Waals surface area contributed by atoms with Gasteiger partial charge in [-0.1, -0.05) is 18.2 Å². The van der Waals surface area contributed by atoms with Crippen LogP contribution in [0.5, 0.6) is 5.75 Å². The van der Waals surface area contributed by atoms with Crippen LogP contribution in [-0.2, 0) is 0 Å². The van der Waals surface area contributed by atoms with Gasteiger partial charge in [-0.15, -0.1) is 12.4 Å². The molecule has 0 aliphatic rings. The molecule has 1 atom stereocenters. The first-order chi connectivity index (χ1) is 5.25. The quantitative estimate of drug-likeness (QED) is 0.770. The van der Waals surface area contributed by atoms with Gasteiger partial charge in [0.1, 0.15) is 5.75 Å². The highest BCUT2D eigenvalue weighted by molar-refractivity contribution is 5.85. The number of benzene rings is 1. The van der Waals surface area contributed by atoms with Gasteiger partial charge in [-0.3, -0.25) is 0 Å². The molecule has 1 rings (SSSR count). The number of ether oxygens (including phenoxy) is 1. The van der Waals surface area contributed by atoms with Gasteiger partial charge in [0, 0.05) is 11.6 Å². The summed E-state index contributed by atoms with van der Waals surface area (Å²) >= 11 is 0. The summed E-state index contributed by atoms with van der Waals surface area (Å²) < 4.78 is 5.13.